The molecule has 1 unspecified atom stereocenters. The van der Waals surface area contributed by atoms with E-state index in [-0.39, 0.29) is 41.0 Å². The van der Waals surface area contributed by atoms with E-state index in [1.807, 2.05) is 0 Å². The van der Waals surface area contributed by atoms with Gasteiger partial charge in [0.15, 0.2) is 17.3 Å². The monoisotopic (exact) mass is 284 g/mol. The number of methoxy groups -OCH3 is 1. The maximum Gasteiger partial charge on any atom is 0.387 e. The molecule has 1 aliphatic rings. The number of rotatable bonds is 5. The lowest BCUT2D eigenvalue weighted by Crippen LogP contribution is -2.12. The summed E-state index contributed by atoms with van der Waals surface area (Å²) in [6.45, 7) is -3.00. The van der Waals surface area contributed by atoms with Crippen molar-refractivity contribution in [1.82, 2.24) is 0 Å². The molecule has 108 valence electrons. The number of ketones is 2. The van der Waals surface area contributed by atoms with Crippen LogP contribution < -0.4 is 9.47 Å². The van der Waals surface area contributed by atoms with Gasteiger partial charge in [0.2, 0.25) is 0 Å². The molecule has 0 aromatic heterocycles. The standard InChI is InChI=1S/C14H14F2O4/c1-19-11-5-3-9(7-12(11)20-14(15)16)13(18)8-2-4-10(17)6-8/h3,5,7-8,14H,2,4,6H2,1H3. The van der Waals surface area contributed by atoms with E-state index >= 15 is 0 Å². The lowest BCUT2D eigenvalue weighted by Gasteiger charge is -2.12. The maximum atomic E-state index is 12.3. The quantitative estimate of drug-likeness (QED) is 0.780. The summed E-state index contributed by atoms with van der Waals surface area (Å²) in [6.07, 6.45) is 1.12. The zero-order chi connectivity index (χ0) is 14.7. The normalized spacial score (nSPS) is 18.4. The van der Waals surface area contributed by atoms with Gasteiger partial charge in [-0.3, -0.25) is 9.59 Å². The topological polar surface area (TPSA) is 52.6 Å². The zero-order valence-electron chi connectivity index (χ0n) is 10.9. The average Bonchev–Trinajstić information content (AvgIpc) is 2.84. The molecule has 1 aliphatic carbocycles. The number of ether oxygens (including phenoxy) is 2. The van der Waals surface area contributed by atoms with E-state index in [1.54, 1.807) is 0 Å². The van der Waals surface area contributed by atoms with Crippen LogP contribution >= 0.6 is 0 Å². The number of carbonyl (C=O) groups excluding carboxylic acids is 2. The van der Waals surface area contributed by atoms with E-state index in [2.05, 4.69) is 4.74 Å². The van der Waals surface area contributed by atoms with Crippen molar-refractivity contribution in [2.24, 2.45) is 5.92 Å². The van der Waals surface area contributed by atoms with Crippen LogP contribution in [0.25, 0.3) is 0 Å². The van der Waals surface area contributed by atoms with Gasteiger partial charge >= 0.3 is 6.61 Å². The third-order valence-corrected chi connectivity index (χ3v) is 3.28. The molecule has 1 saturated carbocycles. The fourth-order valence-corrected chi connectivity index (χ4v) is 2.29. The minimum Gasteiger partial charge on any atom is -0.493 e. The first-order valence-corrected chi connectivity index (χ1v) is 6.20. The Hall–Kier alpha value is -1.98. The van der Waals surface area contributed by atoms with Crippen molar-refractivity contribution in [3.8, 4) is 11.5 Å². The minimum absolute atomic E-state index is 0.0564. The first kappa shape index (κ1) is 14.4. The Morgan fingerprint density at radius 2 is 2.10 bits per heavy atom. The molecule has 1 fully saturated rings. The number of hydrogen-bond acceptors (Lipinski definition) is 4. The van der Waals surface area contributed by atoms with E-state index in [0.717, 1.165) is 0 Å². The van der Waals surface area contributed by atoms with Gasteiger partial charge in [0.25, 0.3) is 0 Å². The van der Waals surface area contributed by atoms with Crippen molar-refractivity contribution in [3.63, 3.8) is 0 Å². The molecule has 0 aliphatic heterocycles. The van der Waals surface area contributed by atoms with Crippen molar-refractivity contribution in [1.29, 1.82) is 0 Å². The van der Waals surface area contributed by atoms with Crippen LogP contribution in [-0.2, 0) is 4.79 Å². The number of halogens is 2. The van der Waals surface area contributed by atoms with Crippen molar-refractivity contribution in [2.45, 2.75) is 25.9 Å². The molecular formula is C14H14F2O4. The van der Waals surface area contributed by atoms with Gasteiger partial charge < -0.3 is 9.47 Å². The van der Waals surface area contributed by atoms with Crippen molar-refractivity contribution < 1.29 is 27.8 Å². The van der Waals surface area contributed by atoms with Gasteiger partial charge in [-0.25, -0.2) is 0 Å². The number of carbonyl (C=O) groups is 2. The number of Topliss-reactive ketones (excluding diaryl/α,β-unsaturated/α-hetero) is 2. The van der Waals surface area contributed by atoms with Crippen LogP contribution in [0.2, 0.25) is 0 Å². The van der Waals surface area contributed by atoms with Crippen LogP contribution in [0.3, 0.4) is 0 Å². The minimum atomic E-state index is -3.00. The summed E-state index contributed by atoms with van der Waals surface area (Å²) in [5, 5.41) is 0. The predicted octanol–water partition coefficient (Wildman–Crippen LogP) is 2.85. The number of benzene rings is 1. The number of hydrogen-bond donors (Lipinski definition) is 0. The molecule has 0 amide bonds. The first-order valence-electron chi connectivity index (χ1n) is 6.20. The van der Waals surface area contributed by atoms with Crippen LogP contribution in [0.4, 0.5) is 8.78 Å². The average molecular weight is 284 g/mol. The Bertz CT molecular complexity index is 528. The molecule has 0 spiro atoms. The van der Waals surface area contributed by atoms with E-state index in [1.165, 1.54) is 25.3 Å². The van der Waals surface area contributed by atoms with Gasteiger partial charge in [-0.05, 0) is 24.6 Å². The van der Waals surface area contributed by atoms with E-state index < -0.39 is 6.61 Å². The molecule has 6 heteroatoms. The SMILES string of the molecule is COc1ccc(C(=O)C2CCC(=O)C2)cc1OC(F)F. The van der Waals surface area contributed by atoms with Gasteiger partial charge in [-0.1, -0.05) is 0 Å². The highest BCUT2D eigenvalue weighted by atomic mass is 19.3. The van der Waals surface area contributed by atoms with Gasteiger partial charge in [0.1, 0.15) is 5.78 Å². The van der Waals surface area contributed by atoms with Gasteiger partial charge in [0, 0.05) is 24.3 Å². The molecule has 0 N–H and O–H groups in total. The molecule has 1 aromatic carbocycles. The lowest BCUT2D eigenvalue weighted by molar-refractivity contribution is -0.117. The zero-order valence-corrected chi connectivity index (χ0v) is 10.9. The Morgan fingerprint density at radius 1 is 1.35 bits per heavy atom. The van der Waals surface area contributed by atoms with Crippen LogP contribution in [0.15, 0.2) is 18.2 Å². The highest BCUT2D eigenvalue weighted by Gasteiger charge is 2.29. The molecule has 1 aromatic rings. The smallest absolute Gasteiger partial charge is 0.387 e. The lowest BCUT2D eigenvalue weighted by atomic mass is 9.96. The fraction of sp³-hybridized carbons (Fsp3) is 0.429. The second-order valence-electron chi connectivity index (χ2n) is 4.59. The molecule has 0 heterocycles. The molecular weight excluding hydrogens is 270 g/mol. The maximum absolute atomic E-state index is 12.3. The van der Waals surface area contributed by atoms with Crippen LogP contribution in [0.5, 0.6) is 11.5 Å². The second-order valence-corrected chi connectivity index (χ2v) is 4.59. The van der Waals surface area contributed by atoms with Gasteiger partial charge in [0.05, 0.1) is 7.11 Å². The van der Waals surface area contributed by atoms with Crippen LogP contribution in [0.1, 0.15) is 29.6 Å². The Labute approximate surface area is 114 Å². The molecule has 0 bridgehead atoms. The summed E-state index contributed by atoms with van der Waals surface area (Å²) in [7, 11) is 1.32. The van der Waals surface area contributed by atoms with Crippen molar-refractivity contribution in [2.75, 3.05) is 7.11 Å². The van der Waals surface area contributed by atoms with E-state index in [0.29, 0.717) is 12.8 Å². The van der Waals surface area contributed by atoms with Crippen molar-refractivity contribution >= 4 is 11.6 Å². The Morgan fingerprint density at radius 3 is 2.65 bits per heavy atom. The molecule has 4 nitrogen and oxygen atoms in total. The summed E-state index contributed by atoms with van der Waals surface area (Å²) in [5.41, 5.74) is 0.251. The van der Waals surface area contributed by atoms with Gasteiger partial charge in [-0.15, -0.1) is 0 Å². The summed E-state index contributed by atoms with van der Waals surface area (Å²) in [4.78, 5) is 23.4. The third kappa shape index (κ3) is 3.12. The third-order valence-electron chi connectivity index (χ3n) is 3.28. The van der Waals surface area contributed by atoms with Crippen LogP contribution in [0, 0.1) is 5.92 Å². The molecule has 20 heavy (non-hydrogen) atoms. The Kier molecular flexibility index (Phi) is 4.32. The predicted molar refractivity (Wildman–Crippen MR) is 66.3 cm³/mol. The molecule has 2 rings (SSSR count). The number of alkyl halides is 2. The summed E-state index contributed by atoms with van der Waals surface area (Å²) in [5.74, 6) is -0.587. The van der Waals surface area contributed by atoms with Crippen LogP contribution in [-0.4, -0.2) is 25.3 Å². The van der Waals surface area contributed by atoms with Gasteiger partial charge in [-0.2, -0.15) is 8.78 Å². The first-order chi connectivity index (χ1) is 9.51. The van der Waals surface area contributed by atoms with Crippen molar-refractivity contribution in [3.05, 3.63) is 23.8 Å². The second kappa shape index (κ2) is 5.98. The van der Waals surface area contributed by atoms with E-state index in [9.17, 15) is 18.4 Å². The molecule has 0 saturated heterocycles. The van der Waals surface area contributed by atoms with E-state index in [4.69, 9.17) is 4.74 Å². The fourth-order valence-electron chi connectivity index (χ4n) is 2.29. The molecule has 0 radical (unpaired) electrons. The summed E-state index contributed by atoms with van der Waals surface area (Å²) in [6, 6.07) is 4.13. The largest absolute Gasteiger partial charge is 0.493 e. The highest BCUT2D eigenvalue weighted by Crippen LogP contribution is 2.32. The Balaban J connectivity index is 2.23. The summed E-state index contributed by atoms with van der Waals surface area (Å²) < 4.78 is 33.9. The molecule has 1 atom stereocenters. The summed E-state index contributed by atoms with van der Waals surface area (Å²) >= 11 is 0. The highest BCUT2D eigenvalue weighted by molar-refractivity contribution is 6.02.